The van der Waals surface area contributed by atoms with Crippen LogP contribution in [0.1, 0.15) is 0 Å². The molecule has 0 atom stereocenters. The Labute approximate surface area is 125 Å². The summed E-state index contributed by atoms with van der Waals surface area (Å²) in [7, 11) is 0. The third-order valence-electron chi connectivity index (χ3n) is 2.96. The van der Waals surface area contributed by atoms with Crippen molar-refractivity contribution in [1.29, 1.82) is 0 Å². The van der Waals surface area contributed by atoms with Crippen molar-refractivity contribution in [1.82, 2.24) is 4.98 Å². The molecule has 0 spiro atoms. The van der Waals surface area contributed by atoms with Crippen LogP contribution in [-0.2, 0) is 0 Å². The topological polar surface area (TPSA) is 63.3 Å². The van der Waals surface area contributed by atoms with Crippen LogP contribution >= 0.6 is 11.6 Å². The standard InChI is InChI=1S/C16H10ClNO3/c17-12-8-4-7-11(9-12)15-18-14(19)13(16(20)21-15)10-5-2-1-3-6-10/h1-9,19H. The third-order valence-corrected chi connectivity index (χ3v) is 3.19. The van der Waals surface area contributed by atoms with E-state index in [-0.39, 0.29) is 17.3 Å². The first-order chi connectivity index (χ1) is 10.1. The molecule has 1 N–H and O–H groups in total. The third kappa shape index (κ3) is 2.66. The molecular formula is C16H10ClNO3. The first-order valence-electron chi connectivity index (χ1n) is 6.20. The second kappa shape index (κ2) is 5.42. The van der Waals surface area contributed by atoms with Gasteiger partial charge in [-0.2, -0.15) is 4.98 Å². The van der Waals surface area contributed by atoms with Crippen LogP contribution in [0.2, 0.25) is 5.02 Å². The van der Waals surface area contributed by atoms with Crippen LogP contribution in [0.5, 0.6) is 5.88 Å². The van der Waals surface area contributed by atoms with Crippen molar-refractivity contribution < 1.29 is 9.52 Å². The number of rotatable bonds is 2. The lowest BCUT2D eigenvalue weighted by molar-refractivity contribution is 0.425. The molecule has 0 fully saturated rings. The molecule has 0 saturated heterocycles. The maximum absolute atomic E-state index is 12.1. The fraction of sp³-hybridized carbons (Fsp3) is 0. The Morgan fingerprint density at radius 2 is 1.71 bits per heavy atom. The molecule has 0 aliphatic carbocycles. The first kappa shape index (κ1) is 13.4. The predicted molar refractivity (Wildman–Crippen MR) is 80.3 cm³/mol. The molecule has 0 aliphatic rings. The summed E-state index contributed by atoms with van der Waals surface area (Å²) in [4.78, 5) is 16.1. The molecule has 0 radical (unpaired) electrons. The minimum absolute atomic E-state index is 0.0275. The molecule has 0 unspecified atom stereocenters. The zero-order valence-electron chi connectivity index (χ0n) is 10.8. The number of benzene rings is 2. The molecule has 1 heterocycles. The molecule has 3 rings (SSSR count). The van der Waals surface area contributed by atoms with Gasteiger partial charge in [0.25, 0.3) is 0 Å². The van der Waals surface area contributed by atoms with Crippen LogP contribution in [-0.4, -0.2) is 10.1 Å². The van der Waals surface area contributed by atoms with E-state index in [1.807, 2.05) is 6.07 Å². The number of aromatic nitrogens is 1. The predicted octanol–water partition coefficient (Wildman–Crippen LogP) is 3.73. The van der Waals surface area contributed by atoms with Crippen LogP contribution in [0, 0.1) is 0 Å². The number of nitrogens with zero attached hydrogens (tertiary/aromatic N) is 1. The fourth-order valence-corrected chi connectivity index (χ4v) is 2.19. The molecule has 5 heteroatoms. The monoisotopic (exact) mass is 299 g/mol. The fourth-order valence-electron chi connectivity index (χ4n) is 2.00. The highest BCUT2D eigenvalue weighted by Crippen LogP contribution is 2.27. The number of hydrogen-bond donors (Lipinski definition) is 1. The van der Waals surface area contributed by atoms with Crippen molar-refractivity contribution in [3.8, 4) is 28.5 Å². The van der Waals surface area contributed by atoms with Crippen LogP contribution in [0.3, 0.4) is 0 Å². The molecule has 0 aliphatic heterocycles. The number of halogens is 1. The maximum Gasteiger partial charge on any atom is 0.351 e. The summed E-state index contributed by atoms with van der Waals surface area (Å²) in [6.07, 6.45) is 0. The van der Waals surface area contributed by atoms with Gasteiger partial charge in [-0.3, -0.25) is 0 Å². The van der Waals surface area contributed by atoms with Gasteiger partial charge in [-0.15, -0.1) is 0 Å². The quantitative estimate of drug-likeness (QED) is 0.783. The van der Waals surface area contributed by atoms with E-state index < -0.39 is 5.63 Å². The first-order valence-corrected chi connectivity index (χ1v) is 6.58. The SMILES string of the molecule is O=c1oc(-c2cccc(Cl)c2)nc(O)c1-c1ccccc1. The average molecular weight is 300 g/mol. The van der Waals surface area contributed by atoms with Gasteiger partial charge in [-0.05, 0) is 23.8 Å². The molecule has 104 valence electrons. The Morgan fingerprint density at radius 1 is 1.00 bits per heavy atom. The second-order valence-electron chi connectivity index (χ2n) is 4.38. The van der Waals surface area contributed by atoms with E-state index in [0.717, 1.165) is 0 Å². The zero-order chi connectivity index (χ0) is 14.8. The average Bonchev–Trinajstić information content (AvgIpc) is 2.47. The van der Waals surface area contributed by atoms with E-state index in [1.54, 1.807) is 48.5 Å². The lowest BCUT2D eigenvalue weighted by Gasteiger charge is -2.05. The van der Waals surface area contributed by atoms with Crippen molar-refractivity contribution in [3.05, 3.63) is 70.0 Å². The van der Waals surface area contributed by atoms with Crippen LogP contribution in [0.15, 0.2) is 63.8 Å². The molecule has 2 aromatic carbocycles. The summed E-state index contributed by atoms with van der Waals surface area (Å²) in [5, 5.41) is 10.5. The van der Waals surface area contributed by atoms with E-state index in [0.29, 0.717) is 16.1 Å². The molecule has 0 amide bonds. The summed E-state index contributed by atoms with van der Waals surface area (Å²) in [5.41, 5.74) is 0.466. The van der Waals surface area contributed by atoms with Crippen LogP contribution < -0.4 is 5.63 Å². The van der Waals surface area contributed by atoms with Gasteiger partial charge in [0.15, 0.2) is 0 Å². The van der Waals surface area contributed by atoms with E-state index in [2.05, 4.69) is 4.98 Å². The number of hydrogen-bond acceptors (Lipinski definition) is 4. The van der Waals surface area contributed by atoms with Gasteiger partial charge in [0.05, 0.1) is 0 Å². The van der Waals surface area contributed by atoms with Gasteiger partial charge < -0.3 is 9.52 Å². The normalized spacial score (nSPS) is 10.5. The number of aromatic hydroxyl groups is 1. The Balaban J connectivity index is 2.15. The van der Waals surface area contributed by atoms with Gasteiger partial charge in [0.1, 0.15) is 5.56 Å². The summed E-state index contributed by atoms with van der Waals surface area (Å²) < 4.78 is 5.20. The van der Waals surface area contributed by atoms with Crippen molar-refractivity contribution in [2.45, 2.75) is 0 Å². The molecule has 1 aromatic heterocycles. The maximum atomic E-state index is 12.1. The van der Waals surface area contributed by atoms with Crippen molar-refractivity contribution in [2.75, 3.05) is 0 Å². The van der Waals surface area contributed by atoms with E-state index in [9.17, 15) is 9.90 Å². The Kier molecular flexibility index (Phi) is 3.46. The smallest absolute Gasteiger partial charge is 0.351 e. The molecule has 3 aromatic rings. The van der Waals surface area contributed by atoms with Crippen LogP contribution in [0.4, 0.5) is 0 Å². The minimum Gasteiger partial charge on any atom is -0.493 e. The molecule has 0 saturated carbocycles. The second-order valence-corrected chi connectivity index (χ2v) is 4.82. The van der Waals surface area contributed by atoms with Crippen LogP contribution in [0.25, 0.3) is 22.6 Å². The van der Waals surface area contributed by atoms with Gasteiger partial charge in [0.2, 0.25) is 11.8 Å². The molecule has 4 nitrogen and oxygen atoms in total. The van der Waals surface area contributed by atoms with Crippen molar-refractivity contribution in [3.63, 3.8) is 0 Å². The lowest BCUT2D eigenvalue weighted by atomic mass is 10.1. The van der Waals surface area contributed by atoms with Gasteiger partial charge >= 0.3 is 5.63 Å². The Hall–Kier alpha value is -2.59. The summed E-state index contributed by atoms with van der Waals surface area (Å²) in [5.74, 6) is -0.341. The zero-order valence-corrected chi connectivity index (χ0v) is 11.5. The van der Waals surface area contributed by atoms with Crippen molar-refractivity contribution >= 4 is 11.6 Å². The van der Waals surface area contributed by atoms with Gasteiger partial charge in [-0.25, -0.2) is 4.79 Å². The summed E-state index contributed by atoms with van der Waals surface area (Å²) in [6, 6.07) is 15.4. The van der Waals surface area contributed by atoms with Crippen molar-refractivity contribution in [2.24, 2.45) is 0 Å². The highest BCUT2D eigenvalue weighted by molar-refractivity contribution is 6.30. The highest BCUT2D eigenvalue weighted by Gasteiger charge is 2.15. The summed E-state index contributed by atoms with van der Waals surface area (Å²) >= 11 is 5.89. The Bertz CT molecular complexity index is 844. The Morgan fingerprint density at radius 3 is 2.38 bits per heavy atom. The molecular weight excluding hydrogens is 290 g/mol. The lowest BCUT2D eigenvalue weighted by Crippen LogP contribution is -2.06. The molecule has 21 heavy (non-hydrogen) atoms. The van der Waals surface area contributed by atoms with E-state index >= 15 is 0 Å². The van der Waals surface area contributed by atoms with E-state index in [4.69, 9.17) is 16.0 Å². The largest absolute Gasteiger partial charge is 0.493 e. The highest BCUT2D eigenvalue weighted by atomic mass is 35.5. The van der Waals surface area contributed by atoms with E-state index in [1.165, 1.54) is 0 Å². The van der Waals surface area contributed by atoms with Gasteiger partial charge in [-0.1, -0.05) is 48.0 Å². The summed E-state index contributed by atoms with van der Waals surface area (Å²) in [6.45, 7) is 0. The minimum atomic E-state index is -0.649. The molecule has 0 bridgehead atoms. The van der Waals surface area contributed by atoms with Gasteiger partial charge in [0, 0.05) is 10.6 Å².